The highest BCUT2D eigenvalue weighted by molar-refractivity contribution is 6.15. The smallest absolute Gasteiger partial charge is 0.410 e. The van der Waals surface area contributed by atoms with Gasteiger partial charge >= 0.3 is 12.1 Å². The van der Waals surface area contributed by atoms with Gasteiger partial charge in [-0.05, 0) is 86.1 Å². The molecule has 32 heteroatoms. The molecule has 32 nitrogen and oxygen atoms in total. The van der Waals surface area contributed by atoms with Gasteiger partial charge in [0, 0.05) is 111 Å². The maximum Gasteiger partial charge on any atom is 0.410 e. The van der Waals surface area contributed by atoms with Crippen LogP contribution in [-0.4, -0.2) is 264 Å². The number of likely N-dealkylation sites (N-methyl/N-ethyl adjacent to an activating group) is 3. The first-order valence-electron chi connectivity index (χ1n) is 37.0. The molecule has 17 atom stereocenters. The SMILES string of the molecule is CC[C@H](C)[C@@H]([C@@H](CC(=O)N1CCC[C@H]1[C@H](OC)[C@@H](C)C(=O)C[C@H](C)[C@@H](O)c1ccccc1)OC)N(C)C(=O)[C@@H](CC(=O)[C@H](C(C)C)N(C)C(=O)OCc1ccc(O[C@@H]2O[C@H](C(=O)O)[C@@H](O)[C@H](O)[C@H]2O)c(NC(=O)CCNC(=O)[C@H](CCCCNC(=O)CCOC)NC(=O)[C@@H](CNC)N2C(=O)C=CC2=O)c1)C(C)C. The van der Waals surface area contributed by atoms with E-state index in [9.17, 15) is 78.3 Å². The minimum atomic E-state index is -2.08. The third-order valence-electron chi connectivity index (χ3n) is 20.4. The topological polar surface area (TPSA) is 434 Å². The number of amides is 9. The van der Waals surface area contributed by atoms with E-state index in [0.29, 0.717) is 37.8 Å². The van der Waals surface area contributed by atoms with Crippen LogP contribution in [0.25, 0.3) is 0 Å². The van der Waals surface area contributed by atoms with E-state index in [-0.39, 0.29) is 117 Å². The van der Waals surface area contributed by atoms with Crippen LogP contribution in [0.4, 0.5) is 10.5 Å². The van der Waals surface area contributed by atoms with Gasteiger partial charge in [0.1, 0.15) is 48.5 Å². The predicted molar refractivity (Wildman–Crippen MR) is 392 cm³/mol. The summed E-state index contributed by atoms with van der Waals surface area (Å²) in [5.74, 6) is -10.4. The van der Waals surface area contributed by atoms with Crippen molar-refractivity contribution < 1.29 is 111 Å². The number of unbranched alkanes of at least 4 members (excludes halogenated alkanes) is 1. The van der Waals surface area contributed by atoms with E-state index in [1.807, 2.05) is 65.0 Å². The Bertz CT molecular complexity index is 3380. The van der Waals surface area contributed by atoms with Crippen molar-refractivity contribution >= 4 is 76.6 Å². The minimum absolute atomic E-state index is 0.00611. The summed E-state index contributed by atoms with van der Waals surface area (Å²) >= 11 is 0. The van der Waals surface area contributed by atoms with Gasteiger partial charge in [0.25, 0.3) is 11.8 Å². The summed E-state index contributed by atoms with van der Waals surface area (Å²) in [5.41, 5.74) is 0.694. The summed E-state index contributed by atoms with van der Waals surface area (Å²) in [6.45, 7) is 14.4. The van der Waals surface area contributed by atoms with E-state index in [1.165, 1.54) is 53.6 Å². The second-order valence-corrected chi connectivity index (χ2v) is 28.8. The van der Waals surface area contributed by atoms with Crippen molar-refractivity contribution in [2.24, 2.45) is 35.5 Å². The number of methoxy groups -OCH3 is 3. The second kappa shape index (κ2) is 43.7. The molecule has 2 aromatic rings. The molecule has 0 unspecified atom stereocenters. The lowest BCUT2D eigenvalue weighted by atomic mass is 9.83. The number of rotatable bonds is 45. The lowest BCUT2D eigenvalue weighted by molar-refractivity contribution is -0.271. The van der Waals surface area contributed by atoms with Crippen LogP contribution in [0, 0.1) is 35.5 Å². The number of likely N-dealkylation sites (tertiary alicyclic amines) is 1. The van der Waals surface area contributed by atoms with Gasteiger partial charge in [0.05, 0.1) is 55.2 Å². The van der Waals surface area contributed by atoms with Crippen molar-refractivity contribution in [1.82, 2.24) is 40.9 Å². The zero-order valence-corrected chi connectivity index (χ0v) is 64.6. The van der Waals surface area contributed by atoms with Crippen LogP contribution < -0.4 is 31.3 Å². The number of ether oxygens (including phenoxy) is 6. The van der Waals surface area contributed by atoms with Gasteiger partial charge in [-0.25, -0.2) is 9.59 Å². The molecule has 0 saturated carbocycles. The van der Waals surface area contributed by atoms with Crippen molar-refractivity contribution in [3.8, 4) is 5.75 Å². The summed E-state index contributed by atoms with van der Waals surface area (Å²) in [7, 11) is 8.95. The standard InChI is InChI=1S/C76H115N9O23/c1-15-44(6)64(57(104-13)39-62(92)84-34-21-25-52(84)69(105-14)46(8)54(86)36-45(7)65(93)48-22-17-16-18-23-48)82(10)73(99)49(42(2)3)38-55(87)63(43(4)5)83(11)76(102)106-41-47-26-27-56(107-75-68(96)66(94)67(95)70(108-75)74(100)101)51(37-47)80-59(89)30-33-79-71(97)50(24-19-20-32-78-58(88)31-35-103-12)81-72(98)53(40-77-9)85-60(90)28-29-61(85)91/h16-18,22-23,26-29,37,42-46,49-50,52-53,57,63-70,75,77,93-96H,15,19-21,24-25,30-36,38-41H2,1-14H3,(H,78,88)(H,79,97)(H,80,89)(H,81,98)(H,100,101)/t44-,45-,46-,49-,50-,52-,53+,57+,63-,64-,65+,66-,67-,68+,69+,70-,75+/m0/s1. The summed E-state index contributed by atoms with van der Waals surface area (Å²) in [5, 5.41) is 66.1. The van der Waals surface area contributed by atoms with Crippen molar-refractivity contribution in [1.29, 1.82) is 0 Å². The van der Waals surface area contributed by atoms with E-state index in [1.54, 1.807) is 37.6 Å². The fourth-order valence-corrected chi connectivity index (χ4v) is 14.0. The molecule has 2 aromatic carbocycles. The first-order valence-corrected chi connectivity index (χ1v) is 37.0. The summed E-state index contributed by atoms with van der Waals surface area (Å²) < 4.78 is 34.1. The Morgan fingerprint density at radius 3 is 2.02 bits per heavy atom. The molecule has 602 valence electrons. The van der Waals surface area contributed by atoms with Crippen LogP contribution in [0.3, 0.4) is 0 Å². The fraction of sp³-hybridized carbons (Fsp3) is 0.658. The van der Waals surface area contributed by atoms with Gasteiger partial charge in [-0.2, -0.15) is 0 Å². The third kappa shape index (κ3) is 24.8. The maximum atomic E-state index is 15.0. The van der Waals surface area contributed by atoms with Crippen LogP contribution in [0.2, 0.25) is 0 Å². The largest absolute Gasteiger partial charge is 0.479 e. The number of carbonyl (C=O) groups is 12. The number of aliphatic hydroxyl groups excluding tert-OH is 4. The molecule has 3 aliphatic heterocycles. The summed E-state index contributed by atoms with van der Waals surface area (Å²) in [4.78, 5) is 169. The van der Waals surface area contributed by atoms with Crippen LogP contribution in [-0.2, 0) is 83.0 Å². The van der Waals surface area contributed by atoms with Gasteiger partial charge in [0.15, 0.2) is 11.9 Å². The average Bonchev–Trinajstić information content (AvgIpc) is 0.896. The highest BCUT2D eigenvalue weighted by Crippen LogP contribution is 2.35. The molecule has 108 heavy (non-hydrogen) atoms. The Hall–Kier alpha value is -8.34. The molecular formula is C76H115N9O23. The molecule has 3 aliphatic rings. The summed E-state index contributed by atoms with van der Waals surface area (Å²) in [6.07, 6.45) is -9.65. The zero-order valence-electron chi connectivity index (χ0n) is 64.6. The number of aliphatic carboxylic acids is 1. The number of carbonyl (C=O) groups excluding carboxylic acids is 11. The molecular weight excluding hydrogens is 1410 g/mol. The second-order valence-electron chi connectivity index (χ2n) is 28.8. The van der Waals surface area contributed by atoms with E-state index >= 15 is 4.79 Å². The quantitative estimate of drug-likeness (QED) is 0.0337. The molecule has 0 radical (unpaired) electrons. The number of hydrogen-bond acceptors (Lipinski definition) is 23. The van der Waals surface area contributed by atoms with Crippen LogP contribution in [0.1, 0.15) is 143 Å². The van der Waals surface area contributed by atoms with E-state index in [2.05, 4.69) is 26.6 Å². The van der Waals surface area contributed by atoms with Crippen molar-refractivity contribution in [2.75, 3.05) is 80.6 Å². The van der Waals surface area contributed by atoms with Gasteiger partial charge in [0.2, 0.25) is 41.7 Å². The number of Topliss-reactive ketones (excluding diaryl/α,β-unsaturated/α-hetero) is 2. The molecule has 2 saturated heterocycles. The Balaban J connectivity index is 1.30. The number of ketones is 2. The van der Waals surface area contributed by atoms with Gasteiger partial charge < -0.3 is 95.2 Å². The monoisotopic (exact) mass is 1520 g/mol. The Morgan fingerprint density at radius 2 is 1.42 bits per heavy atom. The summed E-state index contributed by atoms with van der Waals surface area (Å²) in [6, 6.07) is 8.17. The molecule has 9 amide bonds. The predicted octanol–water partition coefficient (Wildman–Crippen LogP) is 2.80. The van der Waals surface area contributed by atoms with Crippen LogP contribution in [0.5, 0.6) is 5.75 Å². The number of nitrogens with zero attached hydrogens (tertiary/aromatic N) is 4. The molecule has 0 aliphatic carbocycles. The fourth-order valence-electron chi connectivity index (χ4n) is 14.0. The molecule has 0 aromatic heterocycles. The number of aliphatic hydroxyl groups is 4. The number of anilines is 1. The normalized spacial score (nSPS) is 21.0. The third-order valence-corrected chi connectivity index (χ3v) is 20.4. The first kappa shape index (κ1) is 90.3. The van der Waals surface area contributed by atoms with Gasteiger partial charge in [-0.15, -0.1) is 0 Å². The zero-order chi connectivity index (χ0) is 80.4. The molecule has 3 heterocycles. The van der Waals surface area contributed by atoms with Crippen molar-refractivity contribution in [2.45, 2.75) is 212 Å². The van der Waals surface area contributed by atoms with Crippen molar-refractivity contribution in [3.63, 3.8) is 0 Å². The molecule has 0 spiro atoms. The Morgan fingerprint density at radius 1 is 0.741 bits per heavy atom. The van der Waals surface area contributed by atoms with Gasteiger partial charge in [-0.3, -0.25) is 52.8 Å². The molecule has 0 bridgehead atoms. The molecule has 2 fully saturated rings. The highest BCUT2D eigenvalue weighted by Gasteiger charge is 2.49. The number of carboxylic acid groups (broad SMARTS) is 1. The van der Waals surface area contributed by atoms with E-state index in [4.69, 9.17) is 28.4 Å². The number of benzene rings is 2. The highest BCUT2D eigenvalue weighted by atomic mass is 16.7. The van der Waals surface area contributed by atoms with Crippen LogP contribution >= 0.6 is 0 Å². The minimum Gasteiger partial charge on any atom is -0.479 e. The number of imide groups is 1. The van der Waals surface area contributed by atoms with Crippen LogP contribution in [0.15, 0.2) is 60.7 Å². The lowest BCUT2D eigenvalue weighted by Crippen LogP contribution is -2.61. The average molecular weight is 1520 g/mol. The first-order chi connectivity index (χ1) is 51.2. The number of carboxylic acids is 1. The number of nitrogens with one attached hydrogen (secondary N) is 5. The molecule has 10 N–H and O–H groups in total. The lowest BCUT2D eigenvalue weighted by Gasteiger charge is -2.41. The maximum absolute atomic E-state index is 15.0. The number of hydrogen-bond donors (Lipinski definition) is 10. The van der Waals surface area contributed by atoms with E-state index < -0.39 is 163 Å². The van der Waals surface area contributed by atoms with E-state index in [0.717, 1.165) is 22.0 Å². The Labute approximate surface area is 632 Å². The van der Waals surface area contributed by atoms with Gasteiger partial charge in [-0.1, -0.05) is 98.2 Å². The Kier molecular flexibility index (Phi) is 36.6. The van der Waals surface area contributed by atoms with Crippen molar-refractivity contribution in [3.05, 3.63) is 71.8 Å². The molecule has 5 rings (SSSR count).